The summed E-state index contributed by atoms with van der Waals surface area (Å²) in [5.74, 6) is -2.94. The lowest BCUT2D eigenvalue weighted by Crippen LogP contribution is -2.42. The lowest BCUT2D eigenvalue weighted by Gasteiger charge is -2.30. The van der Waals surface area contributed by atoms with Gasteiger partial charge in [0.2, 0.25) is 0 Å². The van der Waals surface area contributed by atoms with E-state index >= 15 is 0 Å². The van der Waals surface area contributed by atoms with E-state index in [2.05, 4.69) is 24.0 Å². The molecule has 2 saturated heterocycles. The molecule has 0 bridgehead atoms. The number of hydrogen-bond donors (Lipinski definition) is 10. The summed E-state index contributed by atoms with van der Waals surface area (Å²) in [6.45, 7) is -1.10. The number of phosphoric ester groups is 2. The van der Waals surface area contributed by atoms with Crippen molar-refractivity contribution in [1.82, 2.24) is 29.1 Å². The van der Waals surface area contributed by atoms with Gasteiger partial charge in [-0.2, -0.15) is 0 Å². The molecule has 260 valence electrons. The number of aromatic nitrogens is 6. The number of rotatable bonds is 11. The van der Waals surface area contributed by atoms with Gasteiger partial charge in [0.25, 0.3) is 5.56 Å². The van der Waals surface area contributed by atoms with Crippen LogP contribution in [0.2, 0.25) is 0 Å². The zero-order valence-corrected chi connectivity index (χ0v) is 25.7. The number of aromatic amines is 1. The first kappa shape index (κ1) is 35.5. The minimum atomic E-state index is -5.81. The Morgan fingerprint density at radius 2 is 1.62 bits per heavy atom. The minimum Gasteiger partial charge on any atom is -0.387 e. The smallest absolute Gasteiger partial charge is 0.387 e. The number of ether oxygens (including phenoxy) is 2. The van der Waals surface area contributed by atoms with E-state index in [1.165, 1.54) is 0 Å². The molecule has 0 spiro atoms. The monoisotopic (exact) mass is 733 g/mol. The Hall–Kier alpha value is -2.80. The first-order chi connectivity index (χ1) is 21.8. The molecule has 0 aromatic carbocycles. The first-order valence-corrected chi connectivity index (χ1v) is 17.5. The third-order valence-corrected chi connectivity index (χ3v) is 9.65. The number of fused-ring (bicyclic) bond motifs is 1. The molecule has 2 fully saturated rings. The molecule has 47 heavy (non-hydrogen) atoms. The maximum Gasteiger partial charge on any atom is 0.470 e. The van der Waals surface area contributed by atoms with Crippen molar-refractivity contribution in [3.8, 4) is 0 Å². The predicted octanol–water partition coefficient (Wildman–Crippen LogP) is -4.05. The molecule has 5 heterocycles. The van der Waals surface area contributed by atoms with E-state index in [4.69, 9.17) is 19.7 Å². The Morgan fingerprint density at radius 1 is 0.936 bits per heavy atom. The molecule has 3 aromatic heterocycles. The van der Waals surface area contributed by atoms with Crippen LogP contribution in [-0.2, 0) is 36.7 Å². The fourth-order valence-electron chi connectivity index (χ4n) is 4.90. The van der Waals surface area contributed by atoms with E-state index in [-0.39, 0.29) is 17.0 Å². The standard InChI is InChI=1S/C19H26N7O18P3/c20-14-8-15(22-4-21-14)26(5-23-8)16-10(29)9(28)6(41-16)3-40-45(32,33)18(44-47(37,38)39)13-12(43-46(34,35)36)11(30)17(42-13)25-2-1-7(27)24-19(25)31/h1-2,4-6,9-13,16-18,28-30H,3H2,(H,32,33)(H2,20,21,22)(H,24,27,31)(H2,34,35,36)(H2,37,38,39)/t6-,9-,10-,11-,12+,13+,16-,17-,18?/m1/s1. The van der Waals surface area contributed by atoms with Crippen molar-refractivity contribution in [3.05, 3.63) is 45.8 Å². The van der Waals surface area contributed by atoms with Gasteiger partial charge in [-0.3, -0.25) is 32.5 Å². The summed E-state index contributed by atoms with van der Waals surface area (Å²) < 4.78 is 63.6. The summed E-state index contributed by atoms with van der Waals surface area (Å²) in [5, 5.41) is 32.1. The van der Waals surface area contributed by atoms with Crippen LogP contribution in [0.1, 0.15) is 12.5 Å². The highest BCUT2D eigenvalue weighted by Gasteiger charge is 2.58. The second-order valence-electron chi connectivity index (χ2n) is 10.0. The van der Waals surface area contributed by atoms with Gasteiger partial charge in [0.15, 0.2) is 29.8 Å². The van der Waals surface area contributed by atoms with Crippen molar-refractivity contribution in [2.75, 3.05) is 12.3 Å². The fraction of sp³-hybridized carbons (Fsp3) is 0.526. The maximum absolute atomic E-state index is 13.5. The average molecular weight is 733 g/mol. The molecule has 2 unspecified atom stereocenters. The van der Waals surface area contributed by atoms with Crippen molar-refractivity contribution >= 4 is 40.2 Å². The highest BCUT2D eigenvalue weighted by molar-refractivity contribution is 7.54. The summed E-state index contributed by atoms with van der Waals surface area (Å²) >= 11 is 0. The first-order valence-electron chi connectivity index (χ1n) is 12.8. The van der Waals surface area contributed by atoms with Gasteiger partial charge >= 0.3 is 28.9 Å². The Morgan fingerprint density at radius 3 is 2.26 bits per heavy atom. The van der Waals surface area contributed by atoms with Crippen LogP contribution < -0.4 is 17.0 Å². The molecule has 2 aliphatic rings. The van der Waals surface area contributed by atoms with Gasteiger partial charge in [0.05, 0.1) is 12.9 Å². The highest BCUT2D eigenvalue weighted by Crippen LogP contribution is 2.59. The number of nitrogen functional groups attached to an aromatic ring is 1. The Labute approximate surface area is 259 Å². The normalized spacial score (nSPS) is 30.5. The molecular formula is C19H26N7O18P3. The largest absolute Gasteiger partial charge is 0.470 e. The Bertz CT molecular complexity index is 1890. The number of nitrogens with zero attached hydrogens (tertiary/aromatic N) is 5. The zero-order chi connectivity index (χ0) is 34.6. The third-order valence-electron chi connectivity index (χ3n) is 6.90. The van der Waals surface area contributed by atoms with E-state index in [0.29, 0.717) is 4.57 Å². The maximum atomic E-state index is 13.5. The number of nitrogens with one attached hydrogen (secondary N) is 1. The van der Waals surface area contributed by atoms with Crippen molar-refractivity contribution in [3.63, 3.8) is 0 Å². The minimum absolute atomic E-state index is 0.0214. The molecule has 25 nitrogen and oxygen atoms in total. The number of hydrogen-bond acceptors (Lipinski definition) is 17. The van der Waals surface area contributed by atoms with Gasteiger partial charge in [-0.1, -0.05) is 0 Å². The number of phosphoric acid groups is 2. The lowest BCUT2D eigenvalue weighted by molar-refractivity contribution is -0.0728. The van der Waals surface area contributed by atoms with E-state index in [0.717, 1.165) is 29.5 Å². The molecule has 0 saturated carbocycles. The fourth-order valence-corrected chi connectivity index (χ4v) is 7.82. The van der Waals surface area contributed by atoms with Crippen LogP contribution in [-0.4, -0.2) is 118 Å². The van der Waals surface area contributed by atoms with Crippen LogP contribution in [0.5, 0.6) is 0 Å². The lowest BCUT2D eigenvalue weighted by atomic mass is 10.1. The van der Waals surface area contributed by atoms with Gasteiger partial charge in [0, 0.05) is 12.3 Å². The van der Waals surface area contributed by atoms with Gasteiger partial charge in [-0.25, -0.2) is 28.9 Å². The van der Waals surface area contributed by atoms with Crippen LogP contribution in [0.15, 0.2) is 34.5 Å². The summed E-state index contributed by atoms with van der Waals surface area (Å²) in [7, 11) is -17.1. The van der Waals surface area contributed by atoms with Gasteiger partial charge in [-0.05, 0) is 0 Å². The molecule has 28 heteroatoms. The molecule has 0 aliphatic carbocycles. The molecule has 5 rings (SSSR count). The van der Waals surface area contributed by atoms with E-state index in [1.54, 1.807) is 4.98 Å². The highest BCUT2D eigenvalue weighted by atomic mass is 31.2. The zero-order valence-electron chi connectivity index (χ0n) is 23.0. The van der Waals surface area contributed by atoms with Crippen molar-refractivity contribution in [2.24, 2.45) is 0 Å². The Balaban J connectivity index is 1.42. The van der Waals surface area contributed by atoms with Crippen molar-refractivity contribution in [2.45, 2.75) is 54.9 Å². The third kappa shape index (κ3) is 7.45. The van der Waals surface area contributed by atoms with Crippen molar-refractivity contribution in [1.29, 1.82) is 0 Å². The topological polar surface area (TPSA) is 384 Å². The molecule has 0 amide bonds. The van der Waals surface area contributed by atoms with Gasteiger partial charge in [0.1, 0.15) is 48.5 Å². The van der Waals surface area contributed by atoms with Gasteiger partial charge < -0.3 is 59.5 Å². The SMILES string of the molecule is Nc1ncnc2c1ncn2[C@@H]1O[C@H](COP(=O)(O)C(OP(=O)(O)O)[C@H]2O[C@@H](n3ccc(=O)[nH]c3=O)[C@H](O)[C@@H]2OP(=O)(O)O)[C@@H](O)[C@H]1O. The van der Waals surface area contributed by atoms with Crippen LogP contribution in [0.4, 0.5) is 5.82 Å². The number of imidazole rings is 1. The predicted molar refractivity (Wildman–Crippen MR) is 147 cm³/mol. The molecule has 0 radical (unpaired) electrons. The Kier molecular flexibility index (Phi) is 9.75. The number of anilines is 1. The number of aliphatic hydroxyl groups excluding tert-OH is 3. The summed E-state index contributed by atoms with van der Waals surface area (Å²) in [5.41, 5.74) is 3.79. The molecule has 11 N–H and O–H groups in total. The summed E-state index contributed by atoms with van der Waals surface area (Å²) in [6, 6.07) is 0.774. The van der Waals surface area contributed by atoms with E-state index in [1.807, 2.05) is 0 Å². The van der Waals surface area contributed by atoms with Crippen LogP contribution in [0.25, 0.3) is 11.2 Å². The van der Waals surface area contributed by atoms with Gasteiger partial charge in [-0.15, -0.1) is 0 Å². The van der Waals surface area contributed by atoms with E-state index < -0.39 is 96.0 Å². The second kappa shape index (κ2) is 12.9. The van der Waals surface area contributed by atoms with Crippen molar-refractivity contribution < 1.29 is 76.5 Å². The second-order valence-corrected chi connectivity index (χ2v) is 14.3. The number of nitrogens with two attached hydrogens (primary N) is 1. The van der Waals surface area contributed by atoms with Crippen LogP contribution in [0, 0.1) is 0 Å². The van der Waals surface area contributed by atoms with Crippen LogP contribution >= 0.6 is 23.2 Å². The summed E-state index contributed by atoms with van der Waals surface area (Å²) in [6.07, 6.45) is -12.9. The summed E-state index contributed by atoms with van der Waals surface area (Å²) in [4.78, 5) is 86.1. The van der Waals surface area contributed by atoms with E-state index in [9.17, 15) is 63.1 Å². The molecular weight excluding hydrogens is 707 g/mol. The number of H-pyrrole nitrogens is 1. The molecule has 10 atom stereocenters. The average Bonchev–Trinajstić information content (AvgIpc) is 3.60. The number of aliphatic hydroxyl groups is 3. The molecule has 3 aromatic rings. The molecule has 2 aliphatic heterocycles. The van der Waals surface area contributed by atoms with Crippen LogP contribution in [0.3, 0.4) is 0 Å². The quantitative estimate of drug-likeness (QED) is 0.0838.